The third-order valence-electron chi connectivity index (χ3n) is 7.35. The van der Waals surface area contributed by atoms with Crippen molar-refractivity contribution in [2.75, 3.05) is 11.5 Å². The summed E-state index contributed by atoms with van der Waals surface area (Å²) in [6, 6.07) is 42.5. The first-order chi connectivity index (χ1) is 22.7. The van der Waals surface area contributed by atoms with Gasteiger partial charge >= 0.3 is 0 Å². The van der Waals surface area contributed by atoms with Crippen LogP contribution in [0.3, 0.4) is 0 Å². The van der Waals surface area contributed by atoms with Crippen molar-refractivity contribution in [1.82, 2.24) is 9.80 Å². The molecule has 0 unspecified atom stereocenters. The molecule has 4 aromatic rings. The van der Waals surface area contributed by atoms with E-state index in [0.29, 0.717) is 0 Å². The van der Waals surface area contributed by atoms with E-state index in [4.69, 9.17) is 24.4 Å². The Morgan fingerprint density at radius 1 is 0.391 bits per heavy atom. The first kappa shape index (κ1) is 36.9. The molecule has 0 saturated heterocycles. The van der Waals surface area contributed by atoms with E-state index in [9.17, 15) is 0 Å². The van der Waals surface area contributed by atoms with Crippen LogP contribution in [-0.2, 0) is 26.2 Å². The van der Waals surface area contributed by atoms with E-state index >= 15 is 0 Å². The standard InChI is InChI=1S/C38H44N2S6/c41-37(39(29-33-19-9-5-10-20-33)30-34-21-11-6-12-22-34)45-43-27-17-3-1-2-4-18-28-44-46-38(42)40(31-35-23-13-7-14-24-35)32-36-25-15-8-16-26-36/h5-16,19-26H,1-4,17-18,27-32H2. The maximum Gasteiger partial charge on any atom is 0.147 e. The van der Waals surface area contributed by atoms with Crippen molar-refractivity contribution < 1.29 is 0 Å². The van der Waals surface area contributed by atoms with Gasteiger partial charge in [0.05, 0.1) is 0 Å². The highest BCUT2D eigenvalue weighted by Gasteiger charge is 2.14. The summed E-state index contributed by atoms with van der Waals surface area (Å²) in [5.74, 6) is 2.28. The van der Waals surface area contributed by atoms with Crippen molar-refractivity contribution in [2.45, 2.75) is 64.7 Å². The highest BCUT2D eigenvalue weighted by Crippen LogP contribution is 2.30. The molecule has 0 atom stereocenters. The minimum absolute atomic E-state index is 0.838. The SMILES string of the molecule is S=C(SSCCCCCCCCSSC(=S)N(Cc1ccccc1)Cc1ccccc1)N(Cc1ccccc1)Cc1ccccc1. The van der Waals surface area contributed by atoms with Gasteiger partial charge in [-0.1, -0.05) is 193 Å². The van der Waals surface area contributed by atoms with Crippen molar-refractivity contribution in [3.05, 3.63) is 144 Å². The number of benzene rings is 4. The Hall–Kier alpha value is -1.94. The maximum absolute atomic E-state index is 5.89. The van der Waals surface area contributed by atoms with Gasteiger partial charge in [-0.15, -0.1) is 0 Å². The summed E-state index contributed by atoms with van der Waals surface area (Å²) < 4.78 is 1.94. The first-order valence-electron chi connectivity index (χ1n) is 16.0. The average Bonchev–Trinajstić information content (AvgIpc) is 3.10. The van der Waals surface area contributed by atoms with Crippen molar-refractivity contribution in [2.24, 2.45) is 0 Å². The molecule has 0 aliphatic rings. The van der Waals surface area contributed by atoms with Crippen LogP contribution in [0.15, 0.2) is 121 Å². The van der Waals surface area contributed by atoms with Crippen LogP contribution in [0.2, 0.25) is 0 Å². The van der Waals surface area contributed by atoms with Gasteiger partial charge in [-0.2, -0.15) is 0 Å². The van der Waals surface area contributed by atoms with Gasteiger partial charge in [0.1, 0.15) is 8.64 Å². The predicted molar refractivity (Wildman–Crippen MR) is 217 cm³/mol. The largest absolute Gasteiger partial charge is 0.348 e. The number of nitrogens with zero attached hydrogens (tertiary/aromatic N) is 2. The molecule has 4 rings (SSSR count). The van der Waals surface area contributed by atoms with Crippen molar-refractivity contribution in [3.8, 4) is 0 Å². The van der Waals surface area contributed by atoms with Crippen LogP contribution in [0.5, 0.6) is 0 Å². The summed E-state index contributed by atoms with van der Waals surface area (Å²) in [4.78, 5) is 4.65. The summed E-state index contributed by atoms with van der Waals surface area (Å²) in [6.45, 7) is 3.35. The van der Waals surface area contributed by atoms with Crippen LogP contribution in [0.4, 0.5) is 0 Å². The molecule has 0 heterocycles. The van der Waals surface area contributed by atoms with Crippen molar-refractivity contribution >= 4 is 76.3 Å². The molecule has 2 nitrogen and oxygen atoms in total. The Morgan fingerprint density at radius 3 is 0.935 bits per heavy atom. The summed E-state index contributed by atoms with van der Waals surface area (Å²) in [5.41, 5.74) is 5.16. The van der Waals surface area contributed by atoms with Crippen LogP contribution < -0.4 is 0 Å². The lowest BCUT2D eigenvalue weighted by Gasteiger charge is -2.25. The van der Waals surface area contributed by atoms with Gasteiger partial charge in [0.2, 0.25) is 0 Å². The number of hydrogen-bond donors (Lipinski definition) is 0. The van der Waals surface area contributed by atoms with E-state index in [-0.39, 0.29) is 0 Å². The number of thiocarbonyl (C=S) groups is 2. The maximum atomic E-state index is 5.89. The molecular weight excluding hydrogens is 677 g/mol. The van der Waals surface area contributed by atoms with Crippen LogP contribution >= 0.6 is 67.6 Å². The fraction of sp³-hybridized carbons (Fsp3) is 0.316. The molecule has 0 aliphatic carbocycles. The van der Waals surface area contributed by atoms with E-state index in [0.717, 1.165) is 46.3 Å². The molecule has 0 aromatic heterocycles. The van der Waals surface area contributed by atoms with E-state index < -0.39 is 0 Å². The van der Waals surface area contributed by atoms with Gasteiger partial charge in [-0.05, 0) is 56.7 Å². The van der Waals surface area contributed by atoms with E-state index in [2.05, 4.69) is 131 Å². The molecule has 0 bridgehead atoms. The Bertz CT molecular complexity index is 1200. The van der Waals surface area contributed by atoms with E-state index in [1.807, 2.05) is 21.6 Å². The predicted octanol–water partition coefficient (Wildman–Crippen LogP) is 12.1. The normalized spacial score (nSPS) is 10.9. The molecule has 46 heavy (non-hydrogen) atoms. The smallest absolute Gasteiger partial charge is 0.147 e. The summed E-state index contributed by atoms with van der Waals surface area (Å²) in [6.07, 6.45) is 7.68. The third kappa shape index (κ3) is 14.9. The first-order valence-corrected chi connectivity index (χ1v) is 21.5. The second kappa shape index (κ2) is 22.6. The van der Waals surface area contributed by atoms with Gasteiger partial charge < -0.3 is 9.80 Å². The summed E-state index contributed by atoms with van der Waals surface area (Å²) >= 11 is 11.8. The topological polar surface area (TPSA) is 6.48 Å². The Labute approximate surface area is 303 Å². The Morgan fingerprint density at radius 2 is 0.652 bits per heavy atom. The lowest BCUT2D eigenvalue weighted by Crippen LogP contribution is -2.26. The second-order valence-electron chi connectivity index (χ2n) is 11.1. The molecule has 0 amide bonds. The van der Waals surface area contributed by atoms with Crippen LogP contribution in [0.1, 0.15) is 60.8 Å². The number of hydrogen-bond acceptors (Lipinski definition) is 6. The molecule has 242 valence electrons. The summed E-state index contributed by atoms with van der Waals surface area (Å²) in [5, 5.41) is 0. The molecule has 0 saturated carbocycles. The fourth-order valence-electron chi connectivity index (χ4n) is 4.90. The van der Waals surface area contributed by atoms with Gasteiger partial charge in [0, 0.05) is 37.7 Å². The van der Waals surface area contributed by atoms with E-state index in [1.54, 1.807) is 21.6 Å². The third-order valence-corrected chi connectivity index (χ3v) is 13.6. The van der Waals surface area contributed by atoms with Gasteiger partial charge in [-0.25, -0.2) is 0 Å². The average molecular weight is 721 g/mol. The molecule has 4 aromatic carbocycles. The minimum Gasteiger partial charge on any atom is -0.348 e. The highest BCUT2D eigenvalue weighted by atomic mass is 33.1. The van der Waals surface area contributed by atoms with Crippen LogP contribution in [0.25, 0.3) is 0 Å². The van der Waals surface area contributed by atoms with Gasteiger partial charge in [-0.3, -0.25) is 0 Å². The van der Waals surface area contributed by atoms with Gasteiger partial charge in [0.25, 0.3) is 0 Å². The van der Waals surface area contributed by atoms with Gasteiger partial charge in [0.15, 0.2) is 0 Å². The zero-order chi connectivity index (χ0) is 32.1. The van der Waals surface area contributed by atoms with Crippen LogP contribution in [-0.4, -0.2) is 29.9 Å². The molecule has 0 N–H and O–H groups in total. The molecule has 0 radical (unpaired) electrons. The Balaban J connectivity index is 1.05. The highest BCUT2D eigenvalue weighted by molar-refractivity contribution is 8.84. The van der Waals surface area contributed by atoms with Crippen LogP contribution in [0, 0.1) is 0 Å². The number of rotatable bonds is 19. The van der Waals surface area contributed by atoms with E-state index in [1.165, 1.54) is 60.8 Å². The molecule has 0 spiro atoms. The molecule has 0 aliphatic heterocycles. The monoisotopic (exact) mass is 720 g/mol. The molecule has 8 heteroatoms. The lowest BCUT2D eigenvalue weighted by molar-refractivity contribution is 0.421. The zero-order valence-electron chi connectivity index (χ0n) is 26.4. The summed E-state index contributed by atoms with van der Waals surface area (Å²) in [7, 11) is 7.33. The minimum atomic E-state index is 0.838. The Kier molecular flexibility index (Phi) is 18.1. The zero-order valence-corrected chi connectivity index (χ0v) is 31.3. The van der Waals surface area contributed by atoms with Crippen molar-refractivity contribution in [1.29, 1.82) is 0 Å². The molecule has 0 fully saturated rings. The van der Waals surface area contributed by atoms with Crippen molar-refractivity contribution in [3.63, 3.8) is 0 Å². The quantitative estimate of drug-likeness (QED) is 0.0530. The number of unbranched alkanes of at least 4 members (excludes halogenated alkanes) is 5. The second-order valence-corrected chi connectivity index (χ2v) is 17.2. The lowest BCUT2D eigenvalue weighted by atomic mass is 10.1. The molecular formula is C38H44N2S6. The fourth-order valence-corrected chi connectivity index (χ4v) is 9.95.